The molecule has 0 amide bonds. The van der Waals surface area contributed by atoms with E-state index in [1.165, 1.54) is 180 Å². The Kier molecular flexibility index (Phi) is 51.4. The first-order chi connectivity index (χ1) is 30.6. The minimum atomic E-state index is -0.543. The normalized spacial score (nSPS) is 12.5. The van der Waals surface area contributed by atoms with Crippen LogP contribution in [0.1, 0.15) is 278 Å². The van der Waals surface area contributed by atoms with Crippen molar-refractivity contribution in [1.82, 2.24) is 0 Å². The highest BCUT2D eigenvalue weighted by molar-refractivity contribution is 5.70. The van der Waals surface area contributed by atoms with Gasteiger partial charge < -0.3 is 14.2 Å². The Hall–Kier alpha value is -2.14. The van der Waals surface area contributed by atoms with Crippen LogP contribution in [-0.4, -0.2) is 37.9 Å². The summed E-state index contributed by atoms with van der Waals surface area (Å²) in [6.45, 7) is 7.77. The number of rotatable bonds is 50. The summed E-state index contributed by atoms with van der Waals surface area (Å²) in [6, 6.07) is 0. The van der Waals surface area contributed by atoms with Crippen LogP contribution in [0.15, 0.2) is 48.6 Å². The molecule has 5 heteroatoms. The monoisotopic (exact) mass is 869 g/mol. The number of ether oxygens (including phenoxy) is 3. The predicted molar refractivity (Wildman–Crippen MR) is 270 cm³/mol. The van der Waals surface area contributed by atoms with Gasteiger partial charge in [0.05, 0.1) is 6.61 Å². The molecule has 0 saturated heterocycles. The van der Waals surface area contributed by atoms with E-state index in [4.69, 9.17) is 14.2 Å². The Labute approximate surface area is 386 Å². The molecule has 0 spiro atoms. The molecule has 0 aliphatic rings. The van der Waals surface area contributed by atoms with Crippen LogP contribution in [0, 0.1) is 0 Å². The summed E-state index contributed by atoms with van der Waals surface area (Å²) in [7, 11) is 0. The van der Waals surface area contributed by atoms with Crippen molar-refractivity contribution in [3.63, 3.8) is 0 Å². The van der Waals surface area contributed by atoms with Crippen molar-refractivity contribution in [2.45, 2.75) is 284 Å². The summed E-state index contributed by atoms with van der Waals surface area (Å²) in [5.74, 6) is -0.409. The fourth-order valence-electron chi connectivity index (χ4n) is 7.69. The number of allylic oxidation sites excluding steroid dienone is 8. The quantitative estimate of drug-likeness (QED) is 0.0346. The summed E-state index contributed by atoms with van der Waals surface area (Å²) < 4.78 is 17.4. The number of unbranched alkanes of at least 4 members (excludes halogenated alkanes) is 31. The lowest BCUT2D eigenvalue weighted by Crippen LogP contribution is -2.30. The van der Waals surface area contributed by atoms with Gasteiger partial charge in [0.25, 0.3) is 0 Å². The van der Waals surface area contributed by atoms with Crippen LogP contribution in [-0.2, 0) is 23.8 Å². The van der Waals surface area contributed by atoms with E-state index >= 15 is 0 Å². The maximum Gasteiger partial charge on any atom is 0.306 e. The molecule has 0 aliphatic heterocycles. The van der Waals surface area contributed by atoms with E-state index in [1.807, 2.05) is 0 Å². The summed E-state index contributed by atoms with van der Waals surface area (Å²) in [4.78, 5) is 25.4. The Balaban J connectivity index is 4.22. The molecular weight excluding hydrogens is 765 g/mol. The van der Waals surface area contributed by atoms with E-state index in [0.29, 0.717) is 19.4 Å². The number of esters is 2. The van der Waals surface area contributed by atoms with Gasteiger partial charge in [-0.05, 0) is 96.3 Å². The summed E-state index contributed by atoms with van der Waals surface area (Å²) in [6.07, 6.45) is 65.5. The zero-order valence-electron chi connectivity index (χ0n) is 41.6. The Morgan fingerprint density at radius 3 is 1.16 bits per heavy atom. The minimum Gasteiger partial charge on any atom is -0.462 e. The zero-order valence-corrected chi connectivity index (χ0v) is 41.6. The molecule has 362 valence electrons. The highest BCUT2D eigenvalue weighted by atomic mass is 16.6. The van der Waals surface area contributed by atoms with Gasteiger partial charge >= 0.3 is 11.9 Å². The standard InChI is InChI=1S/C57H104O5/c1-4-7-10-13-16-19-22-24-26-28-30-32-34-37-40-43-46-49-52-60-53-55(62-57(59)51-48-45-42-39-35-21-18-15-12-9-6-3)54-61-56(58)50-47-44-41-38-36-33-31-29-27-25-23-20-17-14-11-8-5-2/h15,17-18,20,24-27,55H,4-14,16,19,21-23,28-54H2,1-3H3/b18-15-,20-17-,26-24-,27-25-. The molecule has 0 aliphatic carbocycles. The van der Waals surface area contributed by atoms with Gasteiger partial charge in [-0.1, -0.05) is 217 Å². The van der Waals surface area contributed by atoms with Gasteiger partial charge in [-0.25, -0.2) is 0 Å². The summed E-state index contributed by atoms with van der Waals surface area (Å²) in [5, 5.41) is 0. The van der Waals surface area contributed by atoms with Crippen molar-refractivity contribution >= 4 is 11.9 Å². The molecule has 62 heavy (non-hydrogen) atoms. The van der Waals surface area contributed by atoms with E-state index in [0.717, 1.165) is 64.2 Å². The molecule has 0 rings (SSSR count). The summed E-state index contributed by atoms with van der Waals surface area (Å²) >= 11 is 0. The SMILES string of the molecule is CCCC/C=C\CCCCCCCC(=O)OC(COCCCCCCCCCC/C=C\CCCCCCCC)COC(=O)CCCCCCCCC/C=C\C/C=C\CCCCC. The molecule has 0 aromatic rings. The number of hydrogen-bond acceptors (Lipinski definition) is 5. The van der Waals surface area contributed by atoms with E-state index in [-0.39, 0.29) is 25.2 Å². The average molecular weight is 869 g/mol. The molecule has 1 unspecified atom stereocenters. The van der Waals surface area contributed by atoms with Gasteiger partial charge in [-0.3, -0.25) is 9.59 Å². The molecule has 0 saturated carbocycles. The second-order valence-electron chi connectivity index (χ2n) is 18.1. The maximum absolute atomic E-state index is 12.8. The first kappa shape index (κ1) is 59.9. The van der Waals surface area contributed by atoms with E-state index < -0.39 is 6.10 Å². The van der Waals surface area contributed by atoms with Crippen molar-refractivity contribution in [3.05, 3.63) is 48.6 Å². The van der Waals surface area contributed by atoms with Crippen LogP contribution in [0.4, 0.5) is 0 Å². The topological polar surface area (TPSA) is 61.8 Å². The van der Waals surface area contributed by atoms with Gasteiger partial charge in [0.1, 0.15) is 6.61 Å². The van der Waals surface area contributed by atoms with Crippen LogP contribution < -0.4 is 0 Å². The van der Waals surface area contributed by atoms with Gasteiger partial charge in [0.2, 0.25) is 0 Å². The molecule has 0 heterocycles. The van der Waals surface area contributed by atoms with Gasteiger partial charge in [-0.2, -0.15) is 0 Å². The van der Waals surface area contributed by atoms with Gasteiger partial charge in [0.15, 0.2) is 6.10 Å². The molecule has 0 radical (unpaired) electrons. The van der Waals surface area contributed by atoms with E-state index in [2.05, 4.69) is 69.4 Å². The predicted octanol–water partition coefficient (Wildman–Crippen LogP) is 18.3. The second-order valence-corrected chi connectivity index (χ2v) is 18.1. The number of hydrogen-bond donors (Lipinski definition) is 0. The number of carbonyl (C=O) groups excluding carboxylic acids is 2. The Bertz CT molecular complexity index is 1030. The van der Waals surface area contributed by atoms with Crippen LogP contribution in [0.25, 0.3) is 0 Å². The highest BCUT2D eigenvalue weighted by Crippen LogP contribution is 2.14. The van der Waals surface area contributed by atoms with Crippen molar-refractivity contribution in [3.8, 4) is 0 Å². The average Bonchev–Trinajstić information content (AvgIpc) is 3.27. The molecular formula is C57H104O5. The largest absolute Gasteiger partial charge is 0.462 e. The first-order valence-electron chi connectivity index (χ1n) is 27.2. The van der Waals surface area contributed by atoms with Crippen LogP contribution >= 0.6 is 0 Å². The van der Waals surface area contributed by atoms with Crippen molar-refractivity contribution in [2.75, 3.05) is 19.8 Å². The maximum atomic E-state index is 12.8. The Morgan fingerprint density at radius 1 is 0.355 bits per heavy atom. The number of carbonyl (C=O) groups is 2. The molecule has 0 fully saturated rings. The van der Waals surface area contributed by atoms with Crippen molar-refractivity contribution < 1.29 is 23.8 Å². The first-order valence-corrected chi connectivity index (χ1v) is 27.2. The molecule has 1 atom stereocenters. The third-order valence-corrected chi connectivity index (χ3v) is 11.8. The third kappa shape index (κ3) is 50.5. The third-order valence-electron chi connectivity index (χ3n) is 11.8. The van der Waals surface area contributed by atoms with Crippen LogP contribution in [0.2, 0.25) is 0 Å². The molecule has 0 N–H and O–H groups in total. The fourth-order valence-corrected chi connectivity index (χ4v) is 7.69. The van der Waals surface area contributed by atoms with Crippen molar-refractivity contribution in [1.29, 1.82) is 0 Å². The lowest BCUT2D eigenvalue weighted by molar-refractivity contribution is -0.163. The zero-order chi connectivity index (χ0) is 44.9. The lowest BCUT2D eigenvalue weighted by atomic mass is 10.1. The fraction of sp³-hybridized carbons (Fsp3) is 0.825. The molecule has 5 nitrogen and oxygen atoms in total. The highest BCUT2D eigenvalue weighted by Gasteiger charge is 2.17. The smallest absolute Gasteiger partial charge is 0.306 e. The summed E-state index contributed by atoms with van der Waals surface area (Å²) in [5.41, 5.74) is 0. The van der Waals surface area contributed by atoms with Gasteiger partial charge in [-0.15, -0.1) is 0 Å². The Morgan fingerprint density at radius 2 is 0.694 bits per heavy atom. The van der Waals surface area contributed by atoms with E-state index in [1.54, 1.807) is 0 Å². The second kappa shape index (κ2) is 53.2. The van der Waals surface area contributed by atoms with Crippen LogP contribution in [0.5, 0.6) is 0 Å². The molecule has 0 aromatic carbocycles. The lowest BCUT2D eigenvalue weighted by Gasteiger charge is -2.18. The van der Waals surface area contributed by atoms with Crippen LogP contribution in [0.3, 0.4) is 0 Å². The molecule has 0 bridgehead atoms. The van der Waals surface area contributed by atoms with E-state index in [9.17, 15) is 9.59 Å². The van der Waals surface area contributed by atoms with Gasteiger partial charge in [0, 0.05) is 19.4 Å². The van der Waals surface area contributed by atoms with Crippen molar-refractivity contribution in [2.24, 2.45) is 0 Å². The minimum absolute atomic E-state index is 0.0783. The molecule has 0 aromatic heterocycles.